The number of ketones is 1. The summed E-state index contributed by atoms with van der Waals surface area (Å²) in [6.45, 7) is 9.79. The van der Waals surface area contributed by atoms with Gasteiger partial charge in [0.25, 0.3) is 0 Å². The molecule has 0 aromatic heterocycles. The molecule has 8 nitrogen and oxygen atoms in total. The topological polar surface area (TPSA) is 117 Å². The van der Waals surface area contributed by atoms with Crippen molar-refractivity contribution in [2.24, 2.45) is 11.8 Å². The van der Waals surface area contributed by atoms with E-state index in [2.05, 4.69) is 16.0 Å². The van der Waals surface area contributed by atoms with E-state index in [1.165, 1.54) is 0 Å². The van der Waals surface area contributed by atoms with Gasteiger partial charge in [0, 0.05) is 12.8 Å². The second-order valence-electron chi connectivity index (χ2n) is 12.2. The summed E-state index contributed by atoms with van der Waals surface area (Å²) in [4.78, 5) is 53.1. The van der Waals surface area contributed by atoms with Gasteiger partial charge in [0.15, 0.2) is 5.78 Å². The van der Waals surface area contributed by atoms with E-state index in [1.54, 1.807) is 0 Å². The zero-order valence-corrected chi connectivity index (χ0v) is 25.6. The molecular weight excluding hydrogens is 530 g/mol. The Morgan fingerprint density at radius 2 is 1.21 bits per heavy atom. The lowest BCUT2D eigenvalue weighted by molar-refractivity contribution is -0.134. The van der Waals surface area contributed by atoms with Crippen LogP contribution in [0.4, 0.5) is 0 Å². The minimum absolute atomic E-state index is 0.139. The summed E-state index contributed by atoms with van der Waals surface area (Å²) in [5.74, 6) is -0.880. The Morgan fingerprint density at radius 1 is 0.714 bits per heavy atom. The van der Waals surface area contributed by atoms with Crippen LogP contribution in [0.15, 0.2) is 60.7 Å². The van der Waals surface area contributed by atoms with Crippen molar-refractivity contribution < 1.29 is 23.9 Å². The van der Waals surface area contributed by atoms with E-state index in [9.17, 15) is 19.2 Å². The Labute approximate surface area is 250 Å². The molecule has 0 radical (unpaired) electrons. The molecule has 3 rings (SSSR count). The highest BCUT2D eigenvalue weighted by Crippen LogP contribution is 2.25. The molecule has 3 N–H and O–H groups in total. The Kier molecular flexibility index (Phi) is 12.7. The van der Waals surface area contributed by atoms with E-state index >= 15 is 0 Å². The van der Waals surface area contributed by atoms with Crippen LogP contribution in [0, 0.1) is 11.8 Å². The van der Waals surface area contributed by atoms with Crippen LogP contribution in [0.1, 0.15) is 71.4 Å². The third kappa shape index (κ3) is 11.0. The van der Waals surface area contributed by atoms with Gasteiger partial charge < -0.3 is 20.7 Å². The van der Waals surface area contributed by atoms with Crippen molar-refractivity contribution >= 4 is 23.5 Å². The number of aryl methyl sites for hydroxylation is 1. The lowest BCUT2D eigenvalue weighted by Gasteiger charge is -2.26. The highest BCUT2D eigenvalue weighted by atomic mass is 16.6. The van der Waals surface area contributed by atoms with Gasteiger partial charge >= 0.3 is 0 Å². The minimum Gasteiger partial charge on any atom is -0.361 e. The molecule has 0 aliphatic carbocycles. The van der Waals surface area contributed by atoms with Crippen LogP contribution in [0.2, 0.25) is 0 Å². The number of hydrogen-bond donors (Lipinski definition) is 3. The number of epoxide rings is 1. The molecule has 42 heavy (non-hydrogen) atoms. The highest BCUT2D eigenvalue weighted by Gasteiger charge is 2.44. The number of carbonyl (C=O) groups excluding carboxylic acids is 4. The summed E-state index contributed by atoms with van der Waals surface area (Å²) in [6.07, 6.45) is 2.22. The van der Waals surface area contributed by atoms with Gasteiger partial charge in [-0.05, 0) is 55.6 Å². The second kappa shape index (κ2) is 16.2. The first-order valence-electron chi connectivity index (χ1n) is 15.2. The van der Waals surface area contributed by atoms with E-state index in [-0.39, 0.29) is 36.1 Å². The van der Waals surface area contributed by atoms with Crippen LogP contribution < -0.4 is 16.0 Å². The third-order valence-corrected chi connectivity index (χ3v) is 7.35. The van der Waals surface area contributed by atoms with Crippen molar-refractivity contribution in [2.75, 3.05) is 0 Å². The van der Waals surface area contributed by atoms with Crippen LogP contribution in [0.5, 0.6) is 0 Å². The zero-order valence-electron chi connectivity index (χ0n) is 25.6. The monoisotopic (exact) mass is 577 g/mol. The summed E-state index contributed by atoms with van der Waals surface area (Å²) in [5.41, 5.74) is 2.03. The van der Waals surface area contributed by atoms with Gasteiger partial charge in [-0.2, -0.15) is 0 Å². The first kappa shape index (κ1) is 33.0. The molecule has 1 fully saturated rings. The van der Waals surface area contributed by atoms with Crippen molar-refractivity contribution in [2.45, 2.75) is 103 Å². The van der Waals surface area contributed by atoms with Gasteiger partial charge in [-0.25, -0.2) is 0 Å². The average molecular weight is 578 g/mol. The van der Waals surface area contributed by atoms with Gasteiger partial charge in [0.2, 0.25) is 17.7 Å². The maximum absolute atomic E-state index is 13.6. The average Bonchev–Trinajstić information content (AvgIpc) is 3.68. The Bertz CT molecular complexity index is 1170. The van der Waals surface area contributed by atoms with Crippen LogP contribution in [0.3, 0.4) is 0 Å². The Morgan fingerprint density at radius 3 is 1.76 bits per heavy atom. The number of amides is 3. The molecule has 3 amide bonds. The molecule has 228 valence electrons. The van der Waals surface area contributed by atoms with Crippen LogP contribution in [-0.4, -0.2) is 53.8 Å². The van der Waals surface area contributed by atoms with E-state index in [0.717, 1.165) is 17.5 Å². The number of rotatable bonds is 17. The number of benzene rings is 2. The molecule has 1 aliphatic rings. The largest absolute Gasteiger partial charge is 0.361 e. The van der Waals surface area contributed by atoms with Gasteiger partial charge in [0.05, 0.1) is 12.1 Å². The molecular formula is C34H47N3O5. The van der Waals surface area contributed by atoms with E-state index in [4.69, 9.17) is 4.74 Å². The van der Waals surface area contributed by atoms with Crippen LogP contribution in [-0.2, 0) is 36.8 Å². The van der Waals surface area contributed by atoms with E-state index < -0.39 is 36.0 Å². The maximum atomic E-state index is 13.6. The smallest absolute Gasteiger partial charge is 0.243 e. The zero-order chi connectivity index (χ0) is 30.6. The van der Waals surface area contributed by atoms with Crippen molar-refractivity contribution in [1.29, 1.82) is 0 Å². The standard InChI is InChI=1S/C34H47N3O5/c1-22(2)19-27(31(39)32-24(5)42-32)36-34(41)29(21-26-15-10-7-11-16-26)37-33(40)28(20-23(3)4)35-30(38)18-12-17-25-13-8-6-9-14-25/h6-11,13-16,22-24,27-29,32H,12,17-21H2,1-5H3,(H,35,38)(H,36,41)(H,37,40)/t24-,27+,28+,29+,32?/m1/s1. The molecule has 1 unspecified atom stereocenters. The number of Topliss-reactive ketones (excluding diaryl/α,β-unsaturated/α-hetero) is 1. The molecule has 0 spiro atoms. The predicted octanol–water partition coefficient (Wildman–Crippen LogP) is 4.16. The van der Waals surface area contributed by atoms with Crippen molar-refractivity contribution in [1.82, 2.24) is 16.0 Å². The molecule has 2 aromatic carbocycles. The van der Waals surface area contributed by atoms with Gasteiger partial charge in [-0.3, -0.25) is 19.2 Å². The van der Waals surface area contributed by atoms with Crippen LogP contribution >= 0.6 is 0 Å². The maximum Gasteiger partial charge on any atom is 0.243 e. The first-order chi connectivity index (χ1) is 20.0. The summed E-state index contributed by atoms with van der Waals surface area (Å²) in [5, 5.41) is 8.71. The molecule has 8 heteroatoms. The minimum atomic E-state index is -0.926. The summed E-state index contributed by atoms with van der Waals surface area (Å²) < 4.78 is 5.39. The molecule has 5 atom stereocenters. The molecule has 1 heterocycles. The van der Waals surface area contributed by atoms with Gasteiger partial charge in [-0.1, -0.05) is 88.4 Å². The predicted molar refractivity (Wildman–Crippen MR) is 164 cm³/mol. The number of hydrogen-bond acceptors (Lipinski definition) is 5. The molecule has 1 aliphatic heterocycles. The van der Waals surface area contributed by atoms with Gasteiger partial charge in [0.1, 0.15) is 18.2 Å². The molecule has 0 bridgehead atoms. The van der Waals surface area contributed by atoms with Crippen molar-refractivity contribution in [3.8, 4) is 0 Å². The fourth-order valence-electron chi connectivity index (χ4n) is 5.07. The lowest BCUT2D eigenvalue weighted by Crippen LogP contribution is -2.57. The number of ether oxygens (including phenoxy) is 1. The first-order valence-corrected chi connectivity index (χ1v) is 15.2. The van der Waals surface area contributed by atoms with Crippen LogP contribution in [0.25, 0.3) is 0 Å². The number of carbonyl (C=O) groups is 4. The Balaban J connectivity index is 1.70. The highest BCUT2D eigenvalue weighted by molar-refractivity contribution is 5.96. The molecule has 0 saturated carbocycles. The Hall–Kier alpha value is -3.52. The summed E-state index contributed by atoms with van der Waals surface area (Å²) >= 11 is 0. The van der Waals surface area contributed by atoms with E-state index in [1.807, 2.05) is 95.3 Å². The normalized spacial score (nSPS) is 18.2. The van der Waals surface area contributed by atoms with Crippen molar-refractivity contribution in [3.63, 3.8) is 0 Å². The molecule has 2 aromatic rings. The van der Waals surface area contributed by atoms with E-state index in [0.29, 0.717) is 25.7 Å². The summed E-state index contributed by atoms with van der Waals surface area (Å²) in [7, 11) is 0. The fourth-order valence-corrected chi connectivity index (χ4v) is 5.07. The lowest BCUT2D eigenvalue weighted by atomic mass is 9.96. The summed E-state index contributed by atoms with van der Waals surface area (Å²) in [6, 6.07) is 17.0. The fraction of sp³-hybridized carbons (Fsp3) is 0.529. The molecule has 1 saturated heterocycles. The second-order valence-corrected chi connectivity index (χ2v) is 12.2. The van der Waals surface area contributed by atoms with Crippen molar-refractivity contribution in [3.05, 3.63) is 71.8 Å². The third-order valence-electron chi connectivity index (χ3n) is 7.35. The number of nitrogens with one attached hydrogen (secondary N) is 3. The quantitative estimate of drug-likeness (QED) is 0.244. The van der Waals surface area contributed by atoms with Gasteiger partial charge in [-0.15, -0.1) is 0 Å². The SMILES string of the molecule is CC(C)C[C@H](NC(=O)CCCc1ccccc1)C(=O)N[C@@H](Cc1ccccc1)C(=O)N[C@@H](CC(C)C)C(=O)C1O[C@@H]1C.